The number of rotatable bonds is 3. The zero-order valence-electron chi connectivity index (χ0n) is 11.0. The van der Waals surface area contributed by atoms with Crippen LogP contribution in [0.2, 0.25) is 0 Å². The van der Waals surface area contributed by atoms with E-state index in [1.165, 1.54) is 12.8 Å². The van der Waals surface area contributed by atoms with E-state index < -0.39 is 0 Å². The van der Waals surface area contributed by atoms with Gasteiger partial charge in [0.25, 0.3) is 0 Å². The van der Waals surface area contributed by atoms with E-state index in [-0.39, 0.29) is 11.0 Å². The van der Waals surface area contributed by atoms with Crippen molar-refractivity contribution in [1.29, 1.82) is 0 Å². The number of nitro groups is 1. The van der Waals surface area contributed by atoms with Crippen LogP contribution < -0.4 is 5.73 Å². The molecule has 102 valence electrons. The molecule has 2 aliphatic rings. The highest BCUT2D eigenvalue weighted by Gasteiger charge is 2.27. The van der Waals surface area contributed by atoms with Crippen LogP contribution in [0.1, 0.15) is 51.4 Å². The van der Waals surface area contributed by atoms with Gasteiger partial charge in [-0.3, -0.25) is 10.1 Å². The van der Waals surface area contributed by atoms with Crippen molar-refractivity contribution in [1.82, 2.24) is 0 Å². The molecule has 0 amide bonds. The lowest BCUT2D eigenvalue weighted by Crippen LogP contribution is -2.26. The van der Waals surface area contributed by atoms with Gasteiger partial charge >= 0.3 is 0 Å². The van der Waals surface area contributed by atoms with Crippen molar-refractivity contribution in [3.05, 3.63) is 22.3 Å². The van der Waals surface area contributed by atoms with E-state index >= 15 is 0 Å². The minimum Gasteiger partial charge on any atom is -0.328 e. The summed E-state index contributed by atoms with van der Waals surface area (Å²) < 4.78 is 0. The molecular weight excluding hydrogens is 228 g/mol. The van der Waals surface area contributed by atoms with E-state index in [0.29, 0.717) is 17.9 Å². The standard InChI is InChI=1S/C14H24N2O2/c15-13-7-3-11(4-8-13)1-2-12-5-9-14(10-6-12)16(17)18/h1-2,11-14H,3-10,15H2. The Bertz CT molecular complexity index is 301. The predicted octanol–water partition coefficient (Wildman–Crippen LogP) is 2.90. The van der Waals surface area contributed by atoms with Gasteiger partial charge in [-0.1, -0.05) is 12.2 Å². The van der Waals surface area contributed by atoms with Gasteiger partial charge in [0.2, 0.25) is 6.04 Å². The lowest BCUT2D eigenvalue weighted by atomic mass is 9.82. The van der Waals surface area contributed by atoms with E-state index in [0.717, 1.165) is 38.5 Å². The van der Waals surface area contributed by atoms with Gasteiger partial charge < -0.3 is 5.73 Å². The summed E-state index contributed by atoms with van der Waals surface area (Å²) in [5.41, 5.74) is 5.89. The highest BCUT2D eigenvalue weighted by atomic mass is 16.6. The van der Waals surface area contributed by atoms with Gasteiger partial charge in [-0.05, 0) is 50.4 Å². The number of allylic oxidation sites excluding steroid dienone is 2. The van der Waals surface area contributed by atoms with Crippen molar-refractivity contribution in [3.8, 4) is 0 Å². The Balaban J connectivity index is 1.72. The van der Waals surface area contributed by atoms with Gasteiger partial charge in [0.1, 0.15) is 0 Å². The molecule has 4 nitrogen and oxygen atoms in total. The van der Waals surface area contributed by atoms with Crippen LogP contribution in [0.3, 0.4) is 0 Å². The summed E-state index contributed by atoms with van der Waals surface area (Å²) in [5.74, 6) is 1.26. The molecule has 18 heavy (non-hydrogen) atoms. The minimum atomic E-state index is -0.290. The first-order chi connectivity index (χ1) is 8.65. The molecule has 0 aromatic heterocycles. The minimum absolute atomic E-state index is 0.109. The number of hydrogen-bond acceptors (Lipinski definition) is 3. The van der Waals surface area contributed by atoms with Crippen LogP contribution in [0.15, 0.2) is 12.2 Å². The van der Waals surface area contributed by atoms with Crippen LogP contribution in [0.4, 0.5) is 0 Å². The predicted molar refractivity (Wildman–Crippen MR) is 71.8 cm³/mol. The summed E-state index contributed by atoms with van der Waals surface area (Å²) in [6, 6.07) is 0.118. The first-order valence-corrected chi connectivity index (χ1v) is 7.22. The van der Waals surface area contributed by atoms with Gasteiger partial charge in [0.05, 0.1) is 0 Å². The molecule has 0 unspecified atom stereocenters. The third-order valence-electron chi connectivity index (χ3n) is 4.51. The fraction of sp³-hybridized carbons (Fsp3) is 0.857. The van der Waals surface area contributed by atoms with Crippen LogP contribution in [0.25, 0.3) is 0 Å². The maximum Gasteiger partial charge on any atom is 0.213 e. The van der Waals surface area contributed by atoms with Crippen LogP contribution in [0, 0.1) is 22.0 Å². The molecule has 0 heterocycles. The number of nitrogens with zero attached hydrogens (tertiary/aromatic N) is 1. The maximum absolute atomic E-state index is 10.7. The first kappa shape index (κ1) is 13.5. The Morgan fingerprint density at radius 2 is 1.33 bits per heavy atom. The highest BCUT2D eigenvalue weighted by Crippen LogP contribution is 2.29. The lowest BCUT2D eigenvalue weighted by molar-refractivity contribution is -0.526. The molecule has 2 rings (SSSR count). The topological polar surface area (TPSA) is 69.2 Å². The van der Waals surface area contributed by atoms with Crippen molar-refractivity contribution >= 4 is 0 Å². The molecule has 4 heteroatoms. The highest BCUT2D eigenvalue weighted by molar-refractivity contribution is 4.96. The van der Waals surface area contributed by atoms with Crippen LogP contribution in [-0.2, 0) is 0 Å². The second-order valence-electron chi connectivity index (χ2n) is 5.91. The lowest BCUT2D eigenvalue weighted by Gasteiger charge is -2.25. The molecule has 2 aliphatic carbocycles. The van der Waals surface area contributed by atoms with E-state index in [1.807, 2.05) is 0 Å². The Morgan fingerprint density at radius 1 is 0.889 bits per heavy atom. The fourth-order valence-corrected chi connectivity index (χ4v) is 3.16. The van der Waals surface area contributed by atoms with Crippen LogP contribution in [0.5, 0.6) is 0 Å². The summed E-state index contributed by atoms with van der Waals surface area (Å²) in [6.45, 7) is 0. The number of hydrogen-bond donors (Lipinski definition) is 1. The summed E-state index contributed by atoms with van der Waals surface area (Å²) in [6.07, 6.45) is 12.8. The summed E-state index contributed by atoms with van der Waals surface area (Å²) in [4.78, 5) is 10.6. The van der Waals surface area contributed by atoms with Crippen molar-refractivity contribution in [2.24, 2.45) is 17.6 Å². The van der Waals surface area contributed by atoms with Gasteiger partial charge in [-0.15, -0.1) is 0 Å². The third kappa shape index (κ3) is 3.80. The Labute approximate surface area is 109 Å². The average molecular weight is 252 g/mol. The van der Waals surface area contributed by atoms with Gasteiger partial charge in [0, 0.05) is 23.8 Å². The first-order valence-electron chi connectivity index (χ1n) is 7.22. The largest absolute Gasteiger partial charge is 0.328 e. The van der Waals surface area contributed by atoms with Crippen molar-refractivity contribution in [3.63, 3.8) is 0 Å². The molecular formula is C14H24N2O2. The van der Waals surface area contributed by atoms with Crippen molar-refractivity contribution in [2.75, 3.05) is 0 Å². The molecule has 0 aromatic rings. The molecule has 0 saturated heterocycles. The van der Waals surface area contributed by atoms with E-state index in [1.54, 1.807) is 0 Å². The summed E-state index contributed by atoms with van der Waals surface area (Å²) in [5, 5.41) is 10.7. The molecule has 2 N–H and O–H groups in total. The Morgan fingerprint density at radius 3 is 1.78 bits per heavy atom. The van der Waals surface area contributed by atoms with Crippen molar-refractivity contribution in [2.45, 2.75) is 63.5 Å². The zero-order chi connectivity index (χ0) is 13.0. The van der Waals surface area contributed by atoms with E-state index in [9.17, 15) is 10.1 Å². The molecule has 0 aliphatic heterocycles. The fourth-order valence-electron chi connectivity index (χ4n) is 3.16. The summed E-state index contributed by atoms with van der Waals surface area (Å²) >= 11 is 0. The normalized spacial score (nSPS) is 37.8. The quantitative estimate of drug-likeness (QED) is 0.477. The molecule has 0 atom stereocenters. The second-order valence-corrected chi connectivity index (χ2v) is 5.91. The van der Waals surface area contributed by atoms with Gasteiger partial charge in [-0.25, -0.2) is 0 Å². The Kier molecular flexibility index (Phi) is 4.75. The van der Waals surface area contributed by atoms with Crippen LogP contribution >= 0.6 is 0 Å². The molecule has 2 saturated carbocycles. The molecule has 0 spiro atoms. The average Bonchev–Trinajstić information content (AvgIpc) is 2.38. The zero-order valence-corrected chi connectivity index (χ0v) is 11.0. The SMILES string of the molecule is NC1CCC(C=CC2CCC([N+](=O)[O-])CC2)CC1. The van der Waals surface area contributed by atoms with Crippen LogP contribution in [-0.4, -0.2) is 17.0 Å². The van der Waals surface area contributed by atoms with Gasteiger partial charge in [0.15, 0.2) is 0 Å². The van der Waals surface area contributed by atoms with Crippen molar-refractivity contribution < 1.29 is 4.92 Å². The number of nitrogens with two attached hydrogens (primary N) is 1. The Hall–Kier alpha value is -0.900. The van der Waals surface area contributed by atoms with E-state index in [2.05, 4.69) is 12.2 Å². The third-order valence-corrected chi connectivity index (χ3v) is 4.51. The summed E-state index contributed by atoms with van der Waals surface area (Å²) in [7, 11) is 0. The molecule has 0 bridgehead atoms. The molecule has 2 fully saturated rings. The monoisotopic (exact) mass is 252 g/mol. The molecule has 0 radical (unpaired) electrons. The van der Waals surface area contributed by atoms with Gasteiger partial charge in [-0.2, -0.15) is 0 Å². The smallest absolute Gasteiger partial charge is 0.213 e. The second kappa shape index (κ2) is 6.32. The molecule has 0 aromatic carbocycles. The maximum atomic E-state index is 10.7. The van der Waals surface area contributed by atoms with E-state index in [4.69, 9.17) is 5.73 Å².